The van der Waals surface area contributed by atoms with Gasteiger partial charge in [-0.25, -0.2) is 4.79 Å². The summed E-state index contributed by atoms with van der Waals surface area (Å²) >= 11 is 0. The summed E-state index contributed by atoms with van der Waals surface area (Å²) in [5.74, 6) is 0.810. The van der Waals surface area contributed by atoms with Crippen molar-refractivity contribution in [2.75, 3.05) is 7.11 Å². The molecular formula is C19H26N2O2. The number of carbonyl (C=O) groups is 1. The number of amides is 1. The first-order chi connectivity index (χ1) is 11.2. The van der Waals surface area contributed by atoms with Crippen molar-refractivity contribution in [2.24, 2.45) is 0 Å². The molecule has 0 radical (unpaired) electrons. The van der Waals surface area contributed by atoms with E-state index in [1.807, 2.05) is 36.5 Å². The molecule has 0 bridgehead atoms. The van der Waals surface area contributed by atoms with Gasteiger partial charge in [-0.3, -0.25) is 4.57 Å². The van der Waals surface area contributed by atoms with E-state index >= 15 is 0 Å². The number of ether oxygens (including phenoxy) is 1. The molecule has 4 nitrogen and oxygen atoms in total. The highest BCUT2D eigenvalue weighted by atomic mass is 16.5. The Labute approximate surface area is 138 Å². The number of methoxy groups -OCH3 is 1. The van der Waals surface area contributed by atoms with Crippen molar-refractivity contribution < 1.29 is 9.53 Å². The minimum atomic E-state index is -0.0675. The molecule has 1 aromatic heterocycles. The van der Waals surface area contributed by atoms with Crippen LogP contribution in [0, 0.1) is 0 Å². The number of hydrogen-bond acceptors (Lipinski definition) is 2. The Balaban J connectivity index is 2.07. The van der Waals surface area contributed by atoms with E-state index in [2.05, 4.69) is 19.2 Å². The summed E-state index contributed by atoms with van der Waals surface area (Å²) in [7, 11) is 1.65. The molecule has 0 aliphatic heterocycles. The predicted octanol–water partition coefficient (Wildman–Crippen LogP) is 4.69. The average Bonchev–Trinajstić information content (AvgIpc) is 3.08. The van der Waals surface area contributed by atoms with Crippen molar-refractivity contribution in [1.29, 1.82) is 0 Å². The highest BCUT2D eigenvalue weighted by molar-refractivity contribution is 5.79. The van der Waals surface area contributed by atoms with E-state index in [-0.39, 0.29) is 12.1 Å². The number of carbonyl (C=O) groups excluding carboxylic acids is 1. The Hall–Kier alpha value is -2.23. The van der Waals surface area contributed by atoms with E-state index in [9.17, 15) is 4.79 Å². The van der Waals surface area contributed by atoms with Gasteiger partial charge in [-0.05, 0) is 36.6 Å². The number of benzene rings is 1. The van der Waals surface area contributed by atoms with Crippen LogP contribution in [0.4, 0.5) is 4.79 Å². The molecule has 1 atom stereocenters. The largest absolute Gasteiger partial charge is 0.497 e. The Morgan fingerprint density at radius 2 is 2.09 bits per heavy atom. The second kappa shape index (κ2) is 8.42. The first-order valence-corrected chi connectivity index (χ1v) is 8.31. The maximum atomic E-state index is 12.4. The van der Waals surface area contributed by atoms with Crippen LogP contribution in [-0.4, -0.2) is 23.7 Å². The highest BCUT2D eigenvalue weighted by Gasteiger charge is 2.12. The SMILES string of the molecule is CCCCC(CC)NC(=O)n1ccc(-c2cccc(OC)c2)c1. The van der Waals surface area contributed by atoms with Gasteiger partial charge in [0, 0.05) is 24.0 Å². The van der Waals surface area contributed by atoms with Crippen LogP contribution in [0.5, 0.6) is 5.75 Å². The van der Waals surface area contributed by atoms with Crippen LogP contribution in [0.2, 0.25) is 0 Å². The second-order valence-electron chi connectivity index (χ2n) is 5.74. The summed E-state index contributed by atoms with van der Waals surface area (Å²) in [4.78, 5) is 12.4. The van der Waals surface area contributed by atoms with Crippen molar-refractivity contribution in [3.8, 4) is 16.9 Å². The molecule has 1 aromatic carbocycles. The number of aromatic nitrogens is 1. The van der Waals surface area contributed by atoms with Gasteiger partial charge in [-0.15, -0.1) is 0 Å². The van der Waals surface area contributed by atoms with Crippen molar-refractivity contribution >= 4 is 6.03 Å². The molecule has 2 aromatic rings. The van der Waals surface area contributed by atoms with E-state index in [4.69, 9.17) is 4.74 Å². The van der Waals surface area contributed by atoms with E-state index < -0.39 is 0 Å². The fourth-order valence-electron chi connectivity index (χ4n) is 2.57. The van der Waals surface area contributed by atoms with E-state index in [0.29, 0.717) is 0 Å². The van der Waals surface area contributed by atoms with Crippen molar-refractivity contribution in [3.05, 3.63) is 42.7 Å². The van der Waals surface area contributed by atoms with Crippen LogP contribution < -0.4 is 10.1 Å². The third kappa shape index (κ3) is 4.62. The van der Waals surface area contributed by atoms with Crippen LogP contribution in [0.3, 0.4) is 0 Å². The molecule has 1 N–H and O–H groups in total. The van der Waals surface area contributed by atoms with Crippen LogP contribution in [0.1, 0.15) is 39.5 Å². The summed E-state index contributed by atoms with van der Waals surface area (Å²) in [6.45, 7) is 4.28. The van der Waals surface area contributed by atoms with Crippen molar-refractivity contribution in [1.82, 2.24) is 9.88 Å². The van der Waals surface area contributed by atoms with Crippen LogP contribution in [0.15, 0.2) is 42.7 Å². The lowest BCUT2D eigenvalue weighted by Crippen LogP contribution is -2.36. The van der Waals surface area contributed by atoms with Gasteiger partial charge >= 0.3 is 6.03 Å². The minimum absolute atomic E-state index is 0.0675. The van der Waals surface area contributed by atoms with Gasteiger partial charge in [0.1, 0.15) is 5.75 Å². The van der Waals surface area contributed by atoms with E-state index in [0.717, 1.165) is 42.6 Å². The molecule has 4 heteroatoms. The molecule has 2 rings (SSSR count). The Bertz CT molecular complexity index is 634. The van der Waals surface area contributed by atoms with Crippen LogP contribution in [-0.2, 0) is 0 Å². The Morgan fingerprint density at radius 3 is 2.78 bits per heavy atom. The van der Waals surface area contributed by atoms with E-state index in [1.54, 1.807) is 17.9 Å². The maximum absolute atomic E-state index is 12.4. The third-order valence-corrected chi connectivity index (χ3v) is 4.06. The number of hydrogen-bond donors (Lipinski definition) is 1. The van der Waals surface area contributed by atoms with Gasteiger partial charge in [0.25, 0.3) is 0 Å². The molecule has 0 saturated heterocycles. The molecule has 1 heterocycles. The summed E-state index contributed by atoms with van der Waals surface area (Å²) in [6, 6.07) is 9.95. The highest BCUT2D eigenvalue weighted by Crippen LogP contribution is 2.24. The van der Waals surface area contributed by atoms with E-state index in [1.165, 1.54) is 0 Å². The molecule has 23 heavy (non-hydrogen) atoms. The molecule has 0 aliphatic rings. The zero-order chi connectivity index (χ0) is 16.7. The number of rotatable bonds is 7. The lowest BCUT2D eigenvalue weighted by molar-refractivity contribution is 0.237. The van der Waals surface area contributed by atoms with Gasteiger partial charge in [-0.1, -0.05) is 38.8 Å². The first kappa shape index (κ1) is 17.1. The van der Waals surface area contributed by atoms with Crippen LogP contribution in [0.25, 0.3) is 11.1 Å². The van der Waals surface area contributed by atoms with Crippen molar-refractivity contribution in [2.45, 2.75) is 45.6 Å². The second-order valence-corrected chi connectivity index (χ2v) is 5.74. The van der Waals surface area contributed by atoms with Gasteiger partial charge < -0.3 is 10.1 Å². The summed E-state index contributed by atoms with van der Waals surface area (Å²) < 4.78 is 6.86. The van der Waals surface area contributed by atoms with Gasteiger partial charge in [0.2, 0.25) is 0 Å². The molecule has 124 valence electrons. The van der Waals surface area contributed by atoms with Gasteiger partial charge in [0.05, 0.1) is 7.11 Å². The zero-order valence-corrected chi connectivity index (χ0v) is 14.2. The third-order valence-electron chi connectivity index (χ3n) is 4.06. The standard InChI is InChI=1S/C19H26N2O2/c1-4-6-9-17(5-2)20-19(22)21-12-11-16(14-21)15-8-7-10-18(13-15)23-3/h7-8,10-14,17H,4-6,9H2,1-3H3,(H,20,22). The minimum Gasteiger partial charge on any atom is -0.497 e. The smallest absolute Gasteiger partial charge is 0.325 e. The zero-order valence-electron chi connectivity index (χ0n) is 14.2. The first-order valence-electron chi connectivity index (χ1n) is 8.31. The fourth-order valence-corrected chi connectivity index (χ4v) is 2.57. The summed E-state index contributed by atoms with van der Waals surface area (Å²) in [6.07, 6.45) is 7.93. The molecule has 1 unspecified atom stereocenters. The van der Waals surface area contributed by atoms with Crippen LogP contribution >= 0.6 is 0 Å². The summed E-state index contributed by atoms with van der Waals surface area (Å²) in [5.41, 5.74) is 2.04. The Morgan fingerprint density at radius 1 is 1.26 bits per heavy atom. The number of nitrogens with one attached hydrogen (secondary N) is 1. The molecule has 0 saturated carbocycles. The summed E-state index contributed by atoms with van der Waals surface area (Å²) in [5, 5.41) is 3.10. The normalized spacial score (nSPS) is 12.0. The van der Waals surface area contributed by atoms with Gasteiger partial charge in [0.15, 0.2) is 0 Å². The maximum Gasteiger partial charge on any atom is 0.325 e. The molecule has 1 amide bonds. The lowest BCUT2D eigenvalue weighted by atomic mass is 10.1. The quantitative estimate of drug-likeness (QED) is 0.805. The van der Waals surface area contributed by atoms with Gasteiger partial charge in [-0.2, -0.15) is 0 Å². The fraction of sp³-hybridized carbons (Fsp3) is 0.421. The molecule has 0 aliphatic carbocycles. The molecule has 0 fully saturated rings. The number of unbranched alkanes of at least 4 members (excludes halogenated alkanes) is 1. The Kier molecular flexibility index (Phi) is 6.27. The number of nitrogens with zero attached hydrogens (tertiary/aromatic N) is 1. The topological polar surface area (TPSA) is 43.3 Å². The average molecular weight is 314 g/mol. The van der Waals surface area contributed by atoms with Crippen molar-refractivity contribution in [3.63, 3.8) is 0 Å². The molecular weight excluding hydrogens is 288 g/mol. The lowest BCUT2D eigenvalue weighted by Gasteiger charge is -2.16. The monoisotopic (exact) mass is 314 g/mol. The predicted molar refractivity (Wildman–Crippen MR) is 94.0 cm³/mol. The molecule has 0 spiro atoms.